The fourth-order valence-electron chi connectivity index (χ4n) is 3.82. The third-order valence-electron chi connectivity index (χ3n) is 5.63. The Kier molecular flexibility index (Phi) is 8.55. The van der Waals surface area contributed by atoms with Crippen LogP contribution in [0.25, 0.3) is 0 Å². The van der Waals surface area contributed by atoms with Crippen LogP contribution in [-0.2, 0) is 14.3 Å². The predicted molar refractivity (Wildman–Crippen MR) is 153 cm³/mol. The third-order valence-corrected chi connectivity index (χ3v) is 5.98. The molecule has 10 heteroatoms. The number of carbonyl (C=O) groups excluding carboxylic acids is 4. The number of halogens is 1. The molecule has 1 aliphatic heterocycles. The van der Waals surface area contributed by atoms with Gasteiger partial charge in [0.15, 0.2) is 0 Å². The first-order chi connectivity index (χ1) is 19.0. The summed E-state index contributed by atoms with van der Waals surface area (Å²) in [6.07, 6.45) is -0.233. The van der Waals surface area contributed by atoms with Gasteiger partial charge < -0.3 is 20.1 Å². The lowest BCUT2D eigenvalue weighted by atomic mass is 10.1. The van der Waals surface area contributed by atoms with E-state index >= 15 is 0 Å². The van der Waals surface area contributed by atoms with Crippen LogP contribution in [0.5, 0.6) is 5.75 Å². The lowest BCUT2D eigenvalue weighted by Crippen LogP contribution is -2.32. The lowest BCUT2D eigenvalue weighted by Gasteiger charge is -2.16. The average molecular weight is 562 g/mol. The molecule has 9 nitrogen and oxygen atoms in total. The molecule has 0 saturated carbocycles. The van der Waals surface area contributed by atoms with Crippen LogP contribution in [0.1, 0.15) is 48.4 Å². The largest absolute Gasteiger partial charge is 0.491 e. The van der Waals surface area contributed by atoms with Crippen molar-refractivity contribution in [2.24, 2.45) is 0 Å². The van der Waals surface area contributed by atoms with Gasteiger partial charge in [-0.3, -0.25) is 14.4 Å². The highest BCUT2D eigenvalue weighted by molar-refractivity contribution is 6.53. The number of nitrogens with one attached hydrogen (secondary N) is 2. The van der Waals surface area contributed by atoms with Crippen molar-refractivity contribution in [2.75, 3.05) is 15.5 Å². The van der Waals surface area contributed by atoms with Crippen molar-refractivity contribution in [1.82, 2.24) is 0 Å². The Bertz CT molecular complexity index is 1460. The van der Waals surface area contributed by atoms with Gasteiger partial charge in [-0.1, -0.05) is 11.6 Å². The van der Waals surface area contributed by atoms with Crippen molar-refractivity contribution in [3.8, 4) is 5.75 Å². The zero-order valence-electron chi connectivity index (χ0n) is 22.4. The molecular formula is C30H28ClN3O6. The van der Waals surface area contributed by atoms with Gasteiger partial charge in [0.2, 0.25) is 0 Å². The fourth-order valence-corrected chi connectivity index (χ4v) is 4.03. The summed E-state index contributed by atoms with van der Waals surface area (Å²) >= 11 is 6.23. The Morgan fingerprint density at radius 1 is 0.750 bits per heavy atom. The molecular weight excluding hydrogens is 534 g/mol. The lowest BCUT2D eigenvalue weighted by molar-refractivity contribution is -0.120. The van der Waals surface area contributed by atoms with Crippen LogP contribution in [0.4, 0.5) is 17.1 Å². The molecule has 40 heavy (non-hydrogen) atoms. The molecule has 206 valence electrons. The summed E-state index contributed by atoms with van der Waals surface area (Å²) in [5.74, 6) is -1.48. The van der Waals surface area contributed by atoms with Crippen molar-refractivity contribution in [1.29, 1.82) is 0 Å². The molecule has 3 aromatic carbocycles. The molecule has 0 bridgehead atoms. The number of hydrogen-bond donors (Lipinski definition) is 2. The number of hydrogen-bond acceptors (Lipinski definition) is 7. The minimum Gasteiger partial charge on any atom is -0.491 e. The number of amides is 3. The monoisotopic (exact) mass is 561 g/mol. The summed E-state index contributed by atoms with van der Waals surface area (Å²) in [6, 6.07) is 19.3. The van der Waals surface area contributed by atoms with Gasteiger partial charge in [-0.2, -0.15) is 0 Å². The smallest absolute Gasteiger partial charge is 0.338 e. The van der Waals surface area contributed by atoms with Crippen LogP contribution in [-0.4, -0.2) is 35.9 Å². The highest BCUT2D eigenvalue weighted by atomic mass is 35.5. The molecule has 1 heterocycles. The van der Waals surface area contributed by atoms with Gasteiger partial charge in [-0.05, 0) is 100 Å². The summed E-state index contributed by atoms with van der Waals surface area (Å²) in [5, 5.41) is 5.41. The summed E-state index contributed by atoms with van der Waals surface area (Å²) in [4.78, 5) is 51.6. The molecule has 2 N–H and O–H groups in total. The fraction of sp³-hybridized carbons (Fsp3) is 0.200. The molecule has 0 saturated heterocycles. The number of rotatable bonds is 9. The van der Waals surface area contributed by atoms with Gasteiger partial charge in [0.1, 0.15) is 16.5 Å². The molecule has 0 atom stereocenters. The summed E-state index contributed by atoms with van der Waals surface area (Å²) in [5.41, 5.74) is 1.89. The minimum absolute atomic E-state index is 0.0485. The first kappa shape index (κ1) is 28.4. The number of nitrogens with zero attached hydrogens (tertiary/aromatic N) is 1. The van der Waals surface area contributed by atoms with E-state index < -0.39 is 17.8 Å². The second-order valence-corrected chi connectivity index (χ2v) is 9.86. The Hall–Kier alpha value is -4.63. The Labute approximate surface area is 236 Å². The Morgan fingerprint density at radius 2 is 1.32 bits per heavy atom. The third kappa shape index (κ3) is 6.50. The van der Waals surface area contributed by atoms with Crippen LogP contribution in [0.3, 0.4) is 0 Å². The molecule has 1 aliphatic rings. The average Bonchev–Trinajstić information content (AvgIpc) is 3.12. The van der Waals surface area contributed by atoms with Crippen molar-refractivity contribution in [3.05, 3.63) is 94.7 Å². The summed E-state index contributed by atoms with van der Waals surface area (Å²) in [7, 11) is 0. The zero-order chi connectivity index (χ0) is 29.0. The SMILES string of the molecule is CC(C)OC(=O)c1ccc(N2C(=O)C(Cl)=C(Nc3ccc(C(=O)Nc4ccc(OC(C)C)cc4)cc3)C2=O)cc1. The van der Waals surface area contributed by atoms with E-state index in [2.05, 4.69) is 10.6 Å². The minimum atomic E-state index is -0.701. The van der Waals surface area contributed by atoms with Gasteiger partial charge in [0.05, 0.1) is 23.5 Å². The summed E-state index contributed by atoms with van der Waals surface area (Å²) < 4.78 is 10.8. The zero-order valence-corrected chi connectivity index (χ0v) is 23.1. The van der Waals surface area contributed by atoms with Crippen molar-refractivity contribution >= 4 is 52.4 Å². The number of anilines is 3. The highest BCUT2D eigenvalue weighted by Crippen LogP contribution is 2.30. The predicted octanol–water partition coefficient (Wildman–Crippen LogP) is 5.73. The second kappa shape index (κ2) is 12.0. The maximum atomic E-state index is 13.1. The maximum absolute atomic E-state index is 13.1. The van der Waals surface area contributed by atoms with Crippen LogP contribution in [0.2, 0.25) is 0 Å². The van der Waals surface area contributed by atoms with Gasteiger partial charge in [-0.25, -0.2) is 9.69 Å². The standard InChI is InChI=1S/C30H28ClN3O6/c1-17(2)39-24-15-11-22(12-16-24)33-27(35)19-5-9-21(10-6-19)32-26-25(31)28(36)34(29(26)37)23-13-7-20(8-14-23)30(38)40-18(3)4/h5-18,32H,1-4H3,(H,33,35). The van der Waals surface area contributed by atoms with Gasteiger partial charge in [0, 0.05) is 16.9 Å². The van der Waals surface area contributed by atoms with E-state index in [0.29, 0.717) is 22.7 Å². The first-order valence-electron chi connectivity index (χ1n) is 12.6. The molecule has 0 unspecified atom stereocenters. The van der Waals surface area contributed by atoms with Crippen molar-refractivity contribution in [2.45, 2.75) is 39.9 Å². The first-order valence-corrected chi connectivity index (χ1v) is 13.0. The van der Waals surface area contributed by atoms with E-state index in [4.69, 9.17) is 21.1 Å². The highest BCUT2D eigenvalue weighted by Gasteiger charge is 2.39. The van der Waals surface area contributed by atoms with E-state index in [0.717, 1.165) is 4.90 Å². The quantitative estimate of drug-likeness (QED) is 0.253. The van der Waals surface area contributed by atoms with E-state index in [1.54, 1.807) is 62.4 Å². The second-order valence-electron chi connectivity index (χ2n) is 9.48. The molecule has 0 aromatic heterocycles. The van der Waals surface area contributed by atoms with Crippen molar-refractivity contribution < 1.29 is 28.7 Å². The van der Waals surface area contributed by atoms with Crippen molar-refractivity contribution in [3.63, 3.8) is 0 Å². The van der Waals surface area contributed by atoms with Gasteiger partial charge >= 0.3 is 5.97 Å². The molecule has 0 radical (unpaired) electrons. The molecule has 3 amide bonds. The molecule has 0 aliphatic carbocycles. The van der Waals surface area contributed by atoms with Crippen LogP contribution >= 0.6 is 11.6 Å². The molecule has 4 rings (SSSR count). The molecule has 3 aromatic rings. The maximum Gasteiger partial charge on any atom is 0.338 e. The molecule has 0 spiro atoms. The molecule has 0 fully saturated rings. The number of esters is 1. The summed E-state index contributed by atoms with van der Waals surface area (Å²) in [6.45, 7) is 7.34. The van der Waals surface area contributed by atoms with E-state index in [-0.39, 0.29) is 40.1 Å². The normalized spacial score (nSPS) is 13.2. The van der Waals surface area contributed by atoms with E-state index in [9.17, 15) is 19.2 Å². The van der Waals surface area contributed by atoms with E-state index in [1.807, 2.05) is 13.8 Å². The number of benzene rings is 3. The Balaban J connectivity index is 1.41. The van der Waals surface area contributed by atoms with Gasteiger partial charge in [-0.15, -0.1) is 0 Å². The Morgan fingerprint density at radius 3 is 1.90 bits per heavy atom. The van der Waals surface area contributed by atoms with Crippen LogP contribution in [0, 0.1) is 0 Å². The van der Waals surface area contributed by atoms with Gasteiger partial charge in [0.25, 0.3) is 17.7 Å². The number of ether oxygens (including phenoxy) is 2. The topological polar surface area (TPSA) is 114 Å². The van der Waals surface area contributed by atoms with Crippen LogP contribution in [0.15, 0.2) is 83.5 Å². The number of carbonyl (C=O) groups is 4. The van der Waals surface area contributed by atoms with Crippen LogP contribution < -0.4 is 20.3 Å². The number of imide groups is 1. The van der Waals surface area contributed by atoms with E-state index in [1.165, 1.54) is 24.3 Å².